The Morgan fingerprint density at radius 2 is 1.80 bits per heavy atom. The van der Waals surface area contributed by atoms with Crippen molar-refractivity contribution < 1.29 is 0 Å². The summed E-state index contributed by atoms with van der Waals surface area (Å²) in [6, 6.07) is 16.8. The summed E-state index contributed by atoms with van der Waals surface area (Å²) < 4.78 is 2.41. The predicted molar refractivity (Wildman–Crippen MR) is 91.2 cm³/mol. The number of hydrogen-bond donors (Lipinski definition) is 1. The van der Waals surface area contributed by atoms with Crippen molar-refractivity contribution in [3.63, 3.8) is 0 Å². The summed E-state index contributed by atoms with van der Waals surface area (Å²) in [5.41, 5.74) is 8.70. The standard InChI is InChI=1S/C17H16BrNS/c1-17(19,13-6-8-14(18)9-7-13)10-12-11-20-16-5-3-2-4-15(12)16/h2-9,11H,10,19H2,1H3. The summed E-state index contributed by atoms with van der Waals surface area (Å²) in [4.78, 5) is 0. The Labute approximate surface area is 131 Å². The molecule has 3 heteroatoms. The molecule has 0 fully saturated rings. The van der Waals surface area contributed by atoms with E-state index in [9.17, 15) is 0 Å². The summed E-state index contributed by atoms with van der Waals surface area (Å²) in [6.45, 7) is 2.10. The van der Waals surface area contributed by atoms with Crippen molar-refractivity contribution >= 4 is 37.4 Å². The van der Waals surface area contributed by atoms with Gasteiger partial charge in [0, 0.05) is 14.7 Å². The molecule has 3 aromatic rings. The van der Waals surface area contributed by atoms with Gasteiger partial charge in [0.05, 0.1) is 0 Å². The molecule has 0 saturated heterocycles. The van der Waals surface area contributed by atoms with E-state index in [1.54, 1.807) is 11.3 Å². The lowest BCUT2D eigenvalue weighted by molar-refractivity contribution is 0.493. The first-order valence-electron chi connectivity index (χ1n) is 6.56. The number of benzene rings is 2. The Morgan fingerprint density at radius 1 is 1.10 bits per heavy atom. The zero-order valence-corrected chi connectivity index (χ0v) is 13.7. The molecule has 0 saturated carbocycles. The van der Waals surface area contributed by atoms with E-state index in [0.29, 0.717) is 0 Å². The van der Waals surface area contributed by atoms with Gasteiger partial charge >= 0.3 is 0 Å². The van der Waals surface area contributed by atoms with Crippen molar-refractivity contribution in [2.75, 3.05) is 0 Å². The largest absolute Gasteiger partial charge is 0.321 e. The molecule has 0 aliphatic rings. The van der Waals surface area contributed by atoms with Crippen LogP contribution in [0, 0.1) is 0 Å². The topological polar surface area (TPSA) is 26.0 Å². The van der Waals surface area contributed by atoms with Gasteiger partial charge in [-0.05, 0) is 53.4 Å². The predicted octanol–water partition coefficient (Wildman–Crippen LogP) is 5.08. The second-order valence-corrected chi connectivity index (χ2v) is 7.19. The summed E-state index contributed by atoms with van der Waals surface area (Å²) in [6.07, 6.45) is 0.846. The van der Waals surface area contributed by atoms with Crippen molar-refractivity contribution in [1.29, 1.82) is 0 Å². The maximum absolute atomic E-state index is 6.56. The fraction of sp³-hybridized carbons (Fsp3) is 0.176. The second kappa shape index (κ2) is 5.32. The third-order valence-electron chi connectivity index (χ3n) is 3.62. The number of halogens is 1. The molecule has 20 heavy (non-hydrogen) atoms. The molecule has 1 atom stereocenters. The lowest BCUT2D eigenvalue weighted by Crippen LogP contribution is -2.35. The molecule has 1 unspecified atom stereocenters. The molecule has 0 aliphatic heterocycles. The van der Waals surface area contributed by atoms with Crippen molar-refractivity contribution in [1.82, 2.24) is 0 Å². The molecule has 0 bridgehead atoms. The summed E-state index contributed by atoms with van der Waals surface area (Å²) in [7, 11) is 0. The van der Waals surface area contributed by atoms with Crippen molar-refractivity contribution in [3.05, 3.63) is 69.5 Å². The average Bonchev–Trinajstić information content (AvgIpc) is 2.82. The van der Waals surface area contributed by atoms with E-state index in [-0.39, 0.29) is 5.54 Å². The van der Waals surface area contributed by atoms with Crippen LogP contribution >= 0.6 is 27.3 Å². The van der Waals surface area contributed by atoms with E-state index in [4.69, 9.17) is 5.73 Å². The lowest BCUT2D eigenvalue weighted by Gasteiger charge is -2.25. The van der Waals surface area contributed by atoms with E-state index >= 15 is 0 Å². The quantitative estimate of drug-likeness (QED) is 0.703. The van der Waals surface area contributed by atoms with Gasteiger partial charge in [0.2, 0.25) is 0 Å². The van der Waals surface area contributed by atoms with Gasteiger partial charge < -0.3 is 5.73 Å². The smallest absolute Gasteiger partial charge is 0.0422 e. The van der Waals surface area contributed by atoms with Gasteiger partial charge in [0.25, 0.3) is 0 Å². The lowest BCUT2D eigenvalue weighted by atomic mass is 9.86. The fourth-order valence-electron chi connectivity index (χ4n) is 2.50. The first-order chi connectivity index (χ1) is 9.56. The van der Waals surface area contributed by atoms with Crippen molar-refractivity contribution in [3.8, 4) is 0 Å². The third kappa shape index (κ3) is 2.66. The minimum absolute atomic E-state index is 0.357. The van der Waals surface area contributed by atoms with Gasteiger partial charge in [0.15, 0.2) is 0 Å². The molecular formula is C17H16BrNS. The molecule has 0 spiro atoms. The van der Waals surface area contributed by atoms with Crippen LogP contribution in [0.5, 0.6) is 0 Å². The van der Waals surface area contributed by atoms with Gasteiger partial charge in [-0.15, -0.1) is 11.3 Å². The highest BCUT2D eigenvalue weighted by Crippen LogP contribution is 2.31. The van der Waals surface area contributed by atoms with Crippen LogP contribution in [0.4, 0.5) is 0 Å². The van der Waals surface area contributed by atoms with Gasteiger partial charge in [0.1, 0.15) is 0 Å². The van der Waals surface area contributed by atoms with Gasteiger partial charge in [-0.25, -0.2) is 0 Å². The van der Waals surface area contributed by atoms with E-state index in [0.717, 1.165) is 16.5 Å². The number of thiophene rings is 1. The van der Waals surface area contributed by atoms with Gasteiger partial charge in [-0.1, -0.05) is 46.3 Å². The highest BCUT2D eigenvalue weighted by Gasteiger charge is 2.23. The van der Waals surface area contributed by atoms with E-state index in [1.165, 1.54) is 15.6 Å². The van der Waals surface area contributed by atoms with Crippen LogP contribution in [-0.4, -0.2) is 0 Å². The van der Waals surface area contributed by atoms with Crippen LogP contribution in [0.25, 0.3) is 10.1 Å². The van der Waals surface area contributed by atoms with E-state index in [1.807, 2.05) is 12.1 Å². The molecular weight excluding hydrogens is 330 g/mol. The molecule has 2 aromatic carbocycles. The van der Waals surface area contributed by atoms with Crippen molar-refractivity contribution in [2.45, 2.75) is 18.9 Å². The first kappa shape index (κ1) is 13.8. The highest BCUT2D eigenvalue weighted by molar-refractivity contribution is 9.10. The zero-order valence-electron chi connectivity index (χ0n) is 11.3. The van der Waals surface area contributed by atoms with Crippen LogP contribution in [0.15, 0.2) is 58.4 Å². The van der Waals surface area contributed by atoms with Crippen molar-refractivity contribution in [2.24, 2.45) is 5.73 Å². The monoisotopic (exact) mass is 345 g/mol. The van der Waals surface area contributed by atoms with Crippen LogP contribution < -0.4 is 5.73 Å². The Balaban J connectivity index is 1.94. The zero-order chi connectivity index (χ0) is 14.2. The molecule has 102 valence electrons. The molecule has 1 aromatic heterocycles. The Bertz CT molecular complexity index is 728. The van der Waals surface area contributed by atoms with E-state index in [2.05, 4.69) is 64.6 Å². The third-order valence-corrected chi connectivity index (χ3v) is 5.16. The molecule has 0 radical (unpaired) electrons. The number of fused-ring (bicyclic) bond motifs is 1. The normalized spacial score (nSPS) is 14.3. The Kier molecular flexibility index (Phi) is 3.67. The molecule has 0 aliphatic carbocycles. The summed E-state index contributed by atoms with van der Waals surface area (Å²) in [5.74, 6) is 0. The molecule has 3 rings (SSSR count). The number of nitrogens with two attached hydrogens (primary N) is 1. The fourth-order valence-corrected chi connectivity index (χ4v) is 3.73. The molecule has 2 N–H and O–H groups in total. The number of rotatable bonds is 3. The minimum atomic E-state index is -0.357. The summed E-state index contributed by atoms with van der Waals surface area (Å²) in [5, 5.41) is 3.56. The SMILES string of the molecule is CC(N)(Cc1csc2ccccc12)c1ccc(Br)cc1. The maximum atomic E-state index is 6.56. The average molecular weight is 346 g/mol. The molecule has 1 heterocycles. The van der Waals surface area contributed by atoms with Gasteiger partial charge in [-0.2, -0.15) is 0 Å². The molecule has 1 nitrogen and oxygen atoms in total. The maximum Gasteiger partial charge on any atom is 0.0422 e. The Hall–Kier alpha value is -1.16. The van der Waals surface area contributed by atoms with Gasteiger partial charge in [-0.3, -0.25) is 0 Å². The van der Waals surface area contributed by atoms with Crippen LogP contribution in [0.1, 0.15) is 18.1 Å². The van der Waals surface area contributed by atoms with Crippen LogP contribution in [-0.2, 0) is 12.0 Å². The van der Waals surface area contributed by atoms with E-state index < -0.39 is 0 Å². The number of hydrogen-bond acceptors (Lipinski definition) is 2. The first-order valence-corrected chi connectivity index (χ1v) is 8.23. The Morgan fingerprint density at radius 3 is 2.55 bits per heavy atom. The highest BCUT2D eigenvalue weighted by atomic mass is 79.9. The van der Waals surface area contributed by atoms with Crippen LogP contribution in [0.3, 0.4) is 0 Å². The minimum Gasteiger partial charge on any atom is -0.321 e. The van der Waals surface area contributed by atoms with Crippen LogP contribution in [0.2, 0.25) is 0 Å². The molecule has 0 amide bonds. The summed E-state index contributed by atoms with van der Waals surface area (Å²) >= 11 is 5.26. The second-order valence-electron chi connectivity index (χ2n) is 5.36.